The number of halogens is 2. The average Bonchev–Trinajstić information content (AvgIpc) is 3.42. The van der Waals surface area contributed by atoms with Gasteiger partial charge >= 0.3 is 18.2 Å². The summed E-state index contributed by atoms with van der Waals surface area (Å²) in [5.41, 5.74) is 0.190. The van der Waals surface area contributed by atoms with Gasteiger partial charge in [-0.3, -0.25) is 14.5 Å². The Morgan fingerprint density at radius 3 is 2.45 bits per heavy atom. The van der Waals surface area contributed by atoms with Gasteiger partial charge in [0.15, 0.2) is 0 Å². The molecule has 4 amide bonds. The highest BCUT2D eigenvalue weighted by Crippen LogP contribution is 2.45. The van der Waals surface area contributed by atoms with Crippen molar-refractivity contribution in [3.8, 4) is 0 Å². The fourth-order valence-corrected chi connectivity index (χ4v) is 7.19. The van der Waals surface area contributed by atoms with Crippen molar-refractivity contribution in [1.82, 2.24) is 20.4 Å². The molecular formula is C32H38Cl2N4O9. The van der Waals surface area contributed by atoms with E-state index in [1.165, 1.54) is 9.80 Å². The number of carboxylic acid groups (broad SMARTS) is 1. The molecule has 1 aromatic carbocycles. The molecule has 6 atom stereocenters. The minimum absolute atomic E-state index is 0.0471. The van der Waals surface area contributed by atoms with Crippen molar-refractivity contribution >= 4 is 53.2 Å². The summed E-state index contributed by atoms with van der Waals surface area (Å²) < 4.78 is 16.6. The van der Waals surface area contributed by atoms with Crippen LogP contribution in [0.25, 0.3) is 0 Å². The van der Waals surface area contributed by atoms with Crippen molar-refractivity contribution in [3.63, 3.8) is 0 Å². The Morgan fingerprint density at radius 2 is 1.77 bits per heavy atom. The Morgan fingerprint density at radius 1 is 1.02 bits per heavy atom. The molecule has 0 radical (unpaired) electrons. The van der Waals surface area contributed by atoms with Gasteiger partial charge in [0.25, 0.3) is 0 Å². The Balaban J connectivity index is 1.20. The van der Waals surface area contributed by atoms with Gasteiger partial charge < -0.3 is 34.9 Å². The van der Waals surface area contributed by atoms with Gasteiger partial charge in [0.2, 0.25) is 11.8 Å². The van der Waals surface area contributed by atoms with Gasteiger partial charge in [-0.2, -0.15) is 0 Å². The van der Waals surface area contributed by atoms with Gasteiger partial charge in [0, 0.05) is 31.8 Å². The van der Waals surface area contributed by atoms with Crippen molar-refractivity contribution in [3.05, 3.63) is 45.5 Å². The van der Waals surface area contributed by atoms with Crippen LogP contribution in [0.2, 0.25) is 10.0 Å². The number of amides is 4. The summed E-state index contributed by atoms with van der Waals surface area (Å²) in [5.74, 6) is -2.73. The van der Waals surface area contributed by atoms with Crippen molar-refractivity contribution in [2.75, 3.05) is 19.8 Å². The number of fused-ring (bicyclic) bond motifs is 3. The summed E-state index contributed by atoms with van der Waals surface area (Å²) in [6.45, 7) is 1.13. The van der Waals surface area contributed by atoms with E-state index >= 15 is 0 Å². The van der Waals surface area contributed by atoms with Crippen LogP contribution >= 0.6 is 23.2 Å². The number of carbonyl (C=O) groups is 5. The third-order valence-electron chi connectivity index (χ3n) is 9.57. The van der Waals surface area contributed by atoms with Crippen LogP contribution in [0.1, 0.15) is 62.5 Å². The van der Waals surface area contributed by atoms with Crippen LogP contribution in [-0.2, 0) is 41.7 Å². The standard InChI is InChI=1S/C32H38Cl2N4O9/c33-23-10-18-14-37(15-19(18)11-24(23)34)31(44)47-22-12-26-27(39)36-32(29(41)42)13-20(32)6-4-2-1-3-5-7-25(28(40)38(26)16-22)35-30(43)46-21-8-9-45-17-21/h4,6,10-11,20-22,25-26H,1-3,5,7-9,12-17H2,(H,35,43)(H,36,39)(H,41,42)/b6-4-/t20-,21+,22+,25-,26-,32+/m0/s1. The molecule has 3 fully saturated rings. The highest BCUT2D eigenvalue weighted by Gasteiger charge is 2.61. The minimum atomic E-state index is -1.48. The predicted octanol–water partition coefficient (Wildman–Crippen LogP) is 3.78. The predicted molar refractivity (Wildman–Crippen MR) is 168 cm³/mol. The normalized spacial score (nSPS) is 31.4. The van der Waals surface area contributed by atoms with E-state index < -0.39 is 59.8 Å². The first-order chi connectivity index (χ1) is 22.5. The van der Waals surface area contributed by atoms with Crippen LogP contribution in [0, 0.1) is 5.92 Å². The monoisotopic (exact) mass is 692 g/mol. The van der Waals surface area contributed by atoms with E-state index in [2.05, 4.69) is 10.6 Å². The van der Waals surface area contributed by atoms with E-state index in [-0.39, 0.29) is 45.0 Å². The Bertz CT molecular complexity index is 1440. The van der Waals surface area contributed by atoms with E-state index in [4.69, 9.17) is 37.4 Å². The second-order valence-corrected chi connectivity index (χ2v) is 13.7. The number of nitrogens with zero attached hydrogens (tertiary/aromatic N) is 2. The number of hydrogen-bond acceptors (Lipinski definition) is 8. The first-order valence-corrected chi connectivity index (χ1v) is 16.8. The van der Waals surface area contributed by atoms with Gasteiger partial charge in [0.1, 0.15) is 29.8 Å². The number of alkyl carbamates (subject to hydrolysis) is 1. The largest absolute Gasteiger partial charge is 0.479 e. The van der Waals surface area contributed by atoms with Gasteiger partial charge in [-0.25, -0.2) is 14.4 Å². The molecule has 4 aliphatic heterocycles. The van der Waals surface area contributed by atoms with Crippen LogP contribution in [0.3, 0.4) is 0 Å². The molecule has 0 spiro atoms. The lowest BCUT2D eigenvalue weighted by atomic mass is 10.0. The van der Waals surface area contributed by atoms with Gasteiger partial charge in [0.05, 0.1) is 29.8 Å². The molecule has 254 valence electrons. The second-order valence-electron chi connectivity index (χ2n) is 12.9. The molecule has 2 saturated heterocycles. The van der Waals surface area contributed by atoms with Crippen LogP contribution in [0.15, 0.2) is 24.3 Å². The fourth-order valence-electron chi connectivity index (χ4n) is 6.82. The summed E-state index contributed by atoms with van der Waals surface area (Å²) in [6.07, 6.45) is 5.03. The Hall–Kier alpha value is -3.55. The average molecular weight is 694 g/mol. The third kappa shape index (κ3) is 7.31. The number of hydrogen-bond donors (Lipinski definition) is 3. The maximum absolute atomic E-state index is 14.1. The fraction of sp³-hybridized carbons (Fsp3) is 0.594. The molecule has 0 aromatic heterocycles. The van der Waals surface area contributed by atoms with Crippen LogP contribution in [0.4, 0.5) is 9.59 Å². The van der Waals surface area contributed by atoms with E-state index in [9.17, 15) is 29.1 Å². The van der Waals surface area contributed by atoms with Crippen molar-refractivity contribution in [2.24, 2.45) is 5.92 Å². The number of benzene rings is 1. The summed E-state index contributed by atoms with van der Waals surface area (Å²) in [5, 5.41) is 16.2. The van der Waals surface area contributed by atoms with E-state index in [0.29, 0.717) is 35.9 Å². The van der Waals surface area contributed by atoms with E-state index in [0.717, 1.165) is 30.4 Å². The summed E-state index contributed by atoms with van der Waals surface area (Å²) >= 11 is 12.3. The van der Waals surface area contributed by atoms with Crippen molar-refractivity contribution in [2.45, 2.75) is 94.3 Å². The number of aliphatic carboxylic acids is 1. The quantitative estimate of drug-likeness (QED) is 0.399. The smallest absolute Gasteiger partial charge is 0.410 e. The molecule has 5 aliphatic rings. The van der Waals surface area contributed by atoms with Crippen LogP contribution in [0.5, 0.6) is 0 Å². The summed E-state index contributed by atoms with van der Waals surface area (Å²) in [7, 11) is 0. The maximum Gasteiger partial charge on any atom is 0.410 e. The van der Waals surface area contributed by atoms with Crippen LogP contribution < -0.4 is 10.6 Å². The van der Waals surface area contributed by atoms with E-state index in [1.54, 1.807) is 12.1 Å². The maximum atomic E-state index is 14.1. The zero-order chi connectivity index (χ0) is 33.3. The second kappa shape index (κ2) is 13.9. The first kappa shape index (κ1) is 33.4. The number of nitrogens with one attached hydrogen (secondary N) is 2. The number of carboxylic acids is 1. The molecule has 15 heteroatoms. The molecule has 3 N–H and O–H groups in total. The molecule has 1 saturated carbocycles. The molecular weight excluding hydrogens is 655 g/mol. The SMILES string of the molecule is O=C(N[C@H]1CCCCC/C=C\[C@H]2C[C@@]2(C(=O)O)NC(=O)[C@@H]2C[C@@H](OC(=O)N3Cc4cc(Cl)c(Cl)cc4C3)CN2C1=O)O[C@@H]1CCOC1. The minimum Gasteiger partial charge on any atom is -0.479 e. The summed E-state index contributed by atoms with van der Waals surface area (Å²) in [4.78, 5) is 69.2. The highest BCUT2D eigenvalue weighted by molar-refractivity contribution is 6.42. The van der Waals surface area contributed by atoms with E-state index in [1.807, 2.05) is 12.2 Å². The molecule has 13 nitrogen and oxygen atoms in total. The molecule has 6 rings (SSSR count). The Labute approximate surface area is 281 Å². The zero-order valence-corrected chi connectivity index (χ0v) is 27.3. The third-order valence-corrected chi connectivity index (χ3v) is 10.3. The highest BCUT2D eigenvalue weighted by atomic mass is 35.5. The van der Waals surface area contributed by atoms with Gasteiger partial charge in [-0.15, -0.1) is 0 Å². The molecule has 47 heavy (non-hydrogen) atoms. The van der Waals surface area contributed by atoms with Gasteiger partial charge in [-0.1, -0.05) is 48.2 Å². The van der Waals surface area contributed by atoms with Crippen molar-refractivity contribution < 1.29 is 43.3 Å². The number of allylic oxidation sites excluding steroid dienone is 1. The zero-order valence-electron chi connectivity index (χ0n) is 25.8. The molecule has 0 bridgehead atoms. The number of ether oxygens (including phenoxy) is 3. The van der Waals surface area contributed by atoms with Crippen LogP contribution in [-0.4, -0.2) is 94.5 Å². The molecule has 0 unspecified atom stereocenters. The molecule has 1 aromatic rings. The summed E-state index contributed by atoms with van der Waals surface area (Å²) in [6, 6.07) is 1.26. The van der Waals surface area contributed by atoms with Gasteiger partial charge in [-0.05, 0) is 48.9 Å². The molecule has 4 heterocycles. The lowest BCUT2D eigenvalue weighted by Gasteiger charge is -2.29. The number of rotatable bonds is 4. The van der Waals surface area contributed by atoms with Crippen molar-refractivity contribution in [1.29, 1.82) is 0 Å². The lowest BCUT2D eigenvalue weighted by molar-refractivity contribution is -0.145. The number of carbonyl (C=O) groups excluding carboxylic acids is 4. The topological polar surface area (TPSA) is 164 Å². The lowest BCUT2D eigenvalue weighted by Crippen LogP contribution is -2.56. The molecule has 1 aliphatic carbocycles. The first-order valence-electron chi connectivity index (χ1n) is 16.0. The Kier molecular flexibility index (Phi) is 9.86.